The van der Waals surface area contributed by atoms with Gasteiger partial charge in [-0.3, -0.25) is 33.6 Å². The van der Waals surface area contributed by atoms with Gasteiger partial charge in [0.05, 0.1) is 11.2 Å². The molecule has 0 aromatic heterocycles. The number of hydrogen-bond acceptors (Lipinski definition) is 16. The number of allylic oxidation sites excluding steroid dienone is 5. The Balaban J connectivity index is 1.50. The molecule has 10 atom stereocenters. The molecule has 1 N–H and O–H groups in total. The fourth-order valence-corrected chi connectivity index (χ4v) is 11.2. The number of Topliss-reactive ketones (excluding diaryl/α,β-unsaturated/α-hetero) is 2. The van der Waals surface area contributed by atoms with E-state index in [0.29, 0.717) is 48.3 Å². The van der Waals surface area contributed by atoms with Crippen molar-refractivity contribution in [3.05, 3.63) is 69.4 Å². The van der Waals surface area contributed by atoms with Crippen molar-refractivity contribution in [3.63, 3.8) is 0 Å². The SMILES string of the molecule is CCCCNC(=O)/C(C)=C\CC12OC(C)(C)C3CC(C=C4C(=O)c5c(O[C@@H]6O[C@H](COC(C)=O)[C@@H](OC(C)=O)[C@@H](OC(C)=O)[C@H]6OC(C)=O)c6c(c(CC=C(C)C)c5OC431)OC(C)(CCC=C(C)C)C=C6)C2=O. The number of carbonyl (C=O) groups excluding carboxylic acids is 7. The smallest absolute Gasteiger partial charge is 0.303 e. The molecule has 1 amide bonds. The minimum atomic E-state index is -1.77. The second kappa shape index (κ2) is 21.0. The molecule has 4 heterocycles. The van der Waals surface area contributed by atoms with E-state index in [4.69, 9.17) is 42.6 Å². The van der Waals surface area contributed by atoms with Crippen LogP contribution in [0, 0.1) is 11.8 Å². The van der Waals surface area contributed by atoms with Crippen molar-refractivity contribution >= 4 is 47.4 Å². The predicted molar refractivity (Wildman–Crippen MR) is 265 cm³/mol. The Hall–Kier alpha value is -6.07. The molecule has 5 unspecified atom stereocenters. The number of fused-ring (bicyclic) bond motifs is 2. The molecule has 3 fully saturated rings. The molecule has 0 radical (unpaired) electrons. The average Bonchev–Trinajstić information content (AvgIpc) is 3.45. The first-order valence-electron chi connectivity index (χ1n) is 25.3. The second-order valence-electron chi connectivity index (χ2n) is 21.2. The van der Waals surface area contributed by atoms with Crippen LogP contribution in [0.3, 0.4) is 0 Å². The zero-order valence-electron chi connectivity index (χ0n) is 44.4. The van der Waals surface area contributed by atoms with Crippen LogP contribution in [0.5, 0.6) is 17.2 Å². The lowest BCUT2D eigenvalue weighted by Crippen LogP contribution is -2.72. The Kier molecular flexibility index (Phi) is 15.8. The summed E-state index contributed by atoms with van der Waals surface area (Å²) in [6, 6.07) is 0. The lowest BCUT2D eigenvalue weighted by atomic mass is 9.51. The van der Waals surface area contributed by atoms with Crippen LogP contribution in [-0.2, 0) is 63.6 Å². The van der Waals surface area contributed by atoms with E-state index < -0.39 is 101 Å². The topological polar surface area (TPSA) is 215 Å². The third kappa shape index (κ3) is 10.4. The van der Waals surface area contributed by atoms with Gasteiger partial charge in [-0.05, 0) is 99.6 Å². The summed E-state index contributed by atoms with van der Waals surface area (Å²) in [6.45, 7) is 21.8. The summed E-state index contributed by atoms with van der Waals surface area (Å²) in [5.74, 6) is -5.36. The van der Waals surface area contributed by atoms with Crippen LogP contribution in [0.4, 0.5) is 0 Å². The number of benzene rings is 1. The molecular formula is C56H71NO16. The lowest BCUT2D eigenvalue weighted by Gasteiger charge is -2.56. The Morgan fingerprint density at radius 2 is 1.47 bits per heavy atom. The van der Waals surface area contributed by atoms with Gasteiger partial charge < -0.3 is 47.9 Å². The number of carbonyl (C=O) groups is 7. The van der Waals surface area contributed by atoms with Gasteiger partial charge in [-0.1, -0.05) is 48.8 Å². The van der Waals surface area contributed by atoms with Crippen LogP contribution in [0.25, 0.3) is 6.08 Å². The molecular weight excluding hydrogens is 943 g/mol. The van der Waals surface area contributed by atoms with Crippen molar-refractivity contribution in [1.82, 2.24) is 5.32 Å². The number of nitrogens with one attached hydrogen (secondary N) is 1. The Morgan fingerprint density at radius 3 is 2.10 bits per heavy atom. The van der Waals surface area contributed by atoms with Gasteiger partial charge >= 0.3 is 23.9 Å². The highest BCUT2D eigenvalue weighted by atomic mass is 16.7. The highest BCUT2D eigenvalue weighted by molar-refractivity contribution is 6.19. The number of amides is 1. The minimum absolute atomic E-state index is 0.0582. The van der Waals surface area contributed by atoms with Crippen LogP contribution in [-0.4, -0.2) is 108 Å². The Labute approximate surface area is 427 Å². The maximum absolute atomic E-state index is 16.2. The largest absolute Gasteiger partial charge is 0.482 e. The summed E-state index contributed by atoms with van der Waals surface area (Å²) in [6.07, 6.45) is 6.60. The minimum Gasteiger partial charge on any atom is -0.482 e. The van der Waals surface area contributed by atoms with E-state index in [1.54, 1.807) is 25.2 Å². The first-order valence-corrected chi connectivity index (χ1v) is 25.3. The summed E-state index contributed by atoms with van der Waals surface area (Å²) in [5.41, 5.74) is -2.05. The molecule has 17 heteroatoms. The van der Waals surface area contributed by atoms with E-state index in [1.165, 1.54) is 6.92 Å². The van der Waals surface area contributed by atoms with Crippen molar-refractivity contribution in [2.24, 2.45) is 11.8 Å². The van der Waals surface area contributed by atoms with Crippen molar-refractivity contribution in [3.8, 4) is 17.2 Å². The quantitative estimate of drug-likeness (QED) is 0.0488. The highest BCUT2D eigenvalue weighted by Gasteiger charge is 2.81. The number of esters is 4. The monoisotopic (exact) mass is 1010 g/mol. The number of unbranched alkanes of at least 4 members (excludes halogenated alkanes) is 1. The average molecular weight is 1010 g/mol. The van der Waals surface area contributed by atoms with Gasteiger partial charge in [0, 0.05) is 69.2 Å². The molecule has 73 heavy (non-hydrogen) atoms. The molecule has 1 aromatic carbocycles. The number of hydrogen-bond donors (Lipinski definition) is 1. The fraction of sp³-hybridized carbons (Fsp3) is 0.589. The van der Waals surface area contributed by atoms with Crippen molar-refractivity contribution in [2.45, 2.75) is 188 Å². The maximum Gasteiger partial charge on any atom is 0.303 e. The van der Waals surface area contributed by atoms with Crippen LogP contribution >= 0.6 is 0 Å². The second-order valence-corrected chi connectivity index (χ2v) is 21.2. The summed E-state index contributed by atoms with van der Waals surface area (Å²) in [5, 5.41) is 2.94. The van der Waals surface area contributed by atoms with Crippen LogP contribution in [0.15, 0.2) is 52.7 Å². The number of ketones is 2. The third-order valence-electron chi connectivity index (χ3n) is 14.5. The highest BCUT2D eigenvalue weighted by Crippen LogP contribution is 2.69. The molecule has 17 nitrogen and oxygen atoms in total. The molecule has 7 aliphatic rings. The standard InChI is InChI=1S/C56H71NO16/c1-14-15-25-57-51(64)31(6)20-24-55-50(63)36-26-39-43(62)42-45(70-52-49(68-35(10)61)48(67-34(9)60)47(66-33(8)59)40(69-52)28-65-32(7)58)38-21-23-54(13,22-16-17-29(2)3)71-44(38)37(19-18-30(4)5)46(42)72-56(39,55)41(27-36)53(11,12)73-55/h17-18,20-21,23,26,36,40-41,47-49,52H,14-16,19,22,24-25,27-28H2,1-13H3,(H,57,64)/b31-20-/t36?,40-,41?,47-,48-,49-,52+,54?,55?,56?/m1/s1. The summed E-state index contributed by atoms with van der Waals surface area (Å²) in [4.78, 5) is 95.4. The van der Waals surface area contributed by atoms with E-state index in [2.05, 4.69) is 11.4 Å². The third-order valence-corrected chi connectivity index (χ3v) is 14.5. The van der Waals surface area contributed by atoms with Crippen LogP contribution in [0.1, 0.15) is 150 Å². The molecule has 2 saturated heterocycles. The van der Waals surface area contributed by atoms with Gasteiger partial charge in [0.1, 0.15) is 41.1 Å². The fourth-order valence-electron chi connectivity index (χ4n) is 11.2. The first kappa shape index (κ1) is 54.7. The van der Waals surface area contributed by atoms with Gasteiger partial charge in [0.15, 0.2) is 35.0 Å². The van der Waals surface area contributed by atoms with E-state index in [-0.39, 0.29) is 47.2 Å². The van der Waals surface area contributed by atoms with Gasteiger partial charge in [-0.15, -0.1) is 0 Å². The Morgan fingerprint density at radius 1 is 0.808 bits per heavy atom. The van der Waals surface area contributed by atoms with Crippen molar-refractivity contribution in [2.75, 3.05) is 13.2 Å². The van der Waals surface area contributed by atoms with Crippen molar-refractivity contribution in [1.29, 1.82) is 0 Å². The van der Waals surface area contributed by atoms with Gasteiger partial charge in [-0.25, -0.2) is 0 Å². The van der Waals surface area contributed by atoms with Gasteiger partial charge in [0.25, 0.3) is 0 Å². The Bertz CT molecular complexity index is 2610. The van der Waals surface area contributed by atoms with E-state index in [0.717, 1.165) is 44.8 Å². The molecule has 396 valence electrons. The number of ether oxygens (including phenoxy) is 9. The van der Waals surface area contributed by atoms with Crippen molar-refractivity contribution < 1.29 is 76.2 Å². The van der Waals surface area contributed by atoms with E-state index >= 15 is 9.59 Å². The number of rotatable bonds is 18. The predicted octanol–water partition coefficient (Wildman–Crippen LogP) is 7.83. The molecule has 4 aliphatic heterocycles. The normalized spacial score (nSPS) is 30.0. The maximum atomic E-state index is 16.2. The zero-order chi connectivity index (χ0) is 53.5. The van der Waals surface area contributed by atoms with Crippen LogP contribution < -0.4 is 19.5 Å². The molecule has 1 saturated carbocycles. The summed E-state index contributed by atoms with van der Waals surface area (Å²) < 4.78 is 57.8. The molecule has 1 aromatic rings. The van der Waals surface area contributed by atoms with E-state index in [1.807, 2.05) is 67.5 Å². The summed E-state index contributed by atoms with van der Waals surface area (Å²) in [7, 11) is 0. The summed E-state index contributed by atoms with van der Waals surface area (Å²) >= 11 is 0. The van der Waals surface area contributed by atoms with Gasteiger partial charge in [-0.2, -0.15) is 0 Å². The van der Waals surface area contributed by atoms with Gasteiger partial charge in [0.2, 0.25) is 18.3 Å². The lowest BCUT2D eigenvalue weighted by molar-refractivity contribution is -0.288. The molecule has 1 spiro atoms. The zero-order valence-corrected chi connectivity index (χ0v) is 44.4. The molecule has 4 bridgehead atoms. The van der Waals surface area contributed by atoms with Crippen LogP contribution in [0.2, 0.25) is 0 Å². The first-order chi connectivity index (χ1) is 34.3. The van der Waals surface area contributed by atoms with E-state index in [9.17, 15) is 24.0 Å². The molecule has 8 rings (SSSR count). The molecule has 3 aliphatic carbocycles.